The van der Waals surface area contributed by atoms with Crippen LogP contribution in [0.5, 0.6) is 5.75 Å². The number of primary amides is 1. The lowest BCUT2D eigenvalue weighted by atomic mass is 9.62. The van der Waals surface area contributed by atoms with E-state index in [1.54, 1.807) is 25.1 Å². The van der Waals surface area contributed by atoms with E-state index >= 15 is 0 Å². The Labute approximate surface area is 226 Å². The minimum absolute atomic E-state index is 0.0166. The number of phenols is 1. The molecule has 0 aromatic heterocycles. The third-order valence-corrected chi connectivity index (χ3v) is 9.34. The Morgan fingerprint density at radius 1 is 1.21 bits per heavy atom. The number of Topliss-reactive ketones (excluding diaryl/α,β-unsaturated/α-hetero) is 2. The maximum absolute atomic E-state index is 13.8. The van der Waals surface area contributed by atoms with Gasteiger partial charge in [0.2, 0.25) is 10.0 Å². The van der Waals surface area contributed by atoms with Gasteiger partial charge in [-0.15, -0.1) is 0 Å². The van der Waals surface area contributed by atoms with Crippen molar-refractivity contribution in [2.24, 2.45) is 23.5 Å². The number of aromatic hydroxyl groups is 1. The number of nitrogens with one attached hydrogen (secondary N) is 1. The summed E-state index contributed by atoms with van der Waals surface area (Å²) in [6, 6.07) is 1.61. The van der Waals surface area contributed by atoms with Gasteiger partial charge in [0.05, 0.1) is 28.8 Å². The number of allylic oxidation sites excluding steroid dienone is 3. The van der Waals surface area contributed by atoms with E-state index < -0.39 is 73.3 Å². The Hall–Kier alpha value is -3.82. The molecule has 1 amide bonds. The van der Waals surface area contributed by atoms with Gasteiger partial charge in [-0.25, -0.2) is 13.1 Å². The zero-order chi connectivity index (χ0) is 29.0. The van der Waals surface area contributed by atoms with Crippen molar-refractivity contribution < 1.29 is 38.1 Å². The maximum Gasteiger partial charge on any atom is 0.255 e. The maximum atomic E-state index is 13.8. The van der Waals surface area contributed by atoms with Gasteiger partial charge >= 0.3 is 0 Å². The van der Waals surface area contributed by atoms with E-state index in [0.29, 0.717) is 17.7 Å². The molecule has 1 aromatic rings. The predicted molar refractivity (Wildman–Crippen MR) is 143 cm³/mol. The average Bonchev–Trinajstić information content (AvgIpc) is 2.81. The molecule has 12 heteroatoms. The zero-order valence-electron chi connectivity index (χ0n) is 22.0. The smallest absolute Gasteiger partial charge is 0.255 e. The first kappa shape index (κ1) is 28.2. The molecule has 3 atom stereocenters. The quantitative estimate of drug-likeness (QED) is 0.262. The van der Waals surface area contributed by atoms with E-state index in [0.717, 1.165) is 0 Å². The van der Waals surface area contributed by atoms with Gasteiger partial charge in [0.1, 0.15) is 22.8 Å². The lowest BCUT2D eigenvalue weighted by Gasteiger charge is -2.41. The Balaban J connectivity index is 1.79. The summed E-state index contributed by atoms with van der Waals surface area (Å²) in [6.07, 6.45) is 0.528. The lowest BCUT2D eigenvalue weighted by molar-refractivity contribution is -0.126. The molecule has 0 aliphatic heterocycles. The normalized spacial score (nSPS) is 22.6. The fourth-order valence-corrected chi connectivity index (χ4v) is 6.23. The first-order chi connectivity index (χ1) is 18.2. The number of rotatable bonds is 5. The van der Waals surface area contributed by atoms with Gasteiger partial charge in [-0.05, 0) is 50.2 Å². The van der Waals surface area contributed by atoms with Crippen LogP contribution in [0.4, 0.5) is 5.69 Å². The fraction of sp³-hybridized carbons (Fsp3) is 0.444. The predicted octanol–water partition coefficient (Wildman–Crippen LogP) is 1.21. The van der Waals surface area contributed by atoms with Crippen LogP contribution in [0.15, 0.2) is 28.7 Å². The molecule has 6 N–H and O–H groups in total. The van der Waals surface area contributed by atoms with Crippen molar-refractivity contribution in [3.05, 3.63) is 45.4 Å². The molecule has 1 aromatic carbocycles. The Morgan fingerprint density at radius 2 is 1.87 bits per heavy atom. The number of phenolic OH excluding ortho intramolecular Hbond substituents is 1. The van der Waals surface area contributed by atoms with Gasteiger partial charge in [0, 0.05) is 31.8 Å². The molecule has 3 unspecified atom stereocenters. The van der Waals surface area contributed by atoms with Crippen LogP contribution >= 0.6 is 0 Å². The van der Waals surface area contributed by atoms with Crippen LogP contribution in [0.25, 0.3) is 0 Å². The third kappa shape index (κ3) is 4.77. The number of fused-ring (bicyclic) bond motifs is 3. The molecule has 3 aliphatic carbocycles. The lowest BCUT2D eigenvalue weighted by Crippen LogP contribution is -2.43. The summed E-state index contributed by atoms with van der Waals surface area (Å²) in [4.78, 5) is 40.4. The van der Waals surface area contributed by atoms with Crippen molar-refractivity contribution in [1.29, 1.82) is 0 Å². The van der Waals surface area contributed by atoms with E-state index in [1.807, 2.05) is 0 Å². The number of nitrogens with two attached hydrogens (primary N) is 1. The molecule has 0 fully saturated rings. The standard InChI is InChI=1S/C27H31N3O8S/c1-12(2)39(37,38)29-7-5-6-13-10-17(30(3)4)16-9-14-8-15-11-18(31)22(27(28)36)26(35)20(15)24(33)19(14)25(34)21(16)23(13)32/h10,12,14-15,20,29,31-33H,7-9,11H2,1-4H3,(H2,28,36). The molecule has 0 spiro atoms. The minimum atomic E-state index is -3.54. The molecular weight excluding hydrogens is 526 g/mol. The zero-order valence-corrected chi connectivity index (χ0v) is 22.8. The number of amides is 1. The number of ketones is 2. The molecule has 39 heavy (non-hydrogen) atoms. The summed E-state index contributed by atoms with van der Waals surface area (Å²) >= 11 is 0. The number of carbonyl (C=O) groups is 3. The van der Waals surface area contributed by atoms with Crippen LogP contribution in [0.2, 0.25) is 0 Å². The minimum Gasteiger partial charge on any atom is -0.511 e. The van der Waals surface area contributed by atoms with Crippen LogP contribution in [0.1, 0.15) is 48.2 Å². The molecule has 0 heterocycles. The molecular formula is C27H31N3O8S. The highest BCUT2D eigenvalue weighted by Crippen LogP contribution is 2.51. The van der Waals surface area contributed by atoms with Gasteiger partial charge in [0.15, 0.2) is 11.6 Å². The molecule has 4 rings (SSSR count). The largest absolute Gasteiger partial charge is 0.511 e. The van der Waals surface area contributed by atoms with Gasteiger partial charge in [0.25, 0.3) is 5.91 Å². The second-order valence-electron chi connectivity index (χ2n) is 10.5. The summed E-state index contributed by atoms with van der Waals surface area (Å²) in [5.74, 6) is -0.735. The van der Waals surface area contributed by atoms with Crippen molar-refractivity contribution >= 4 is 33.2 Å². The van der Waals surface area contributed by atoms with Crippen LogP contribution in [0, 0.1) is 29.6 Å². The summed E-state index contributed by atoms with van der Waals surface area (Å²) in [5.41, 5.74) is 5.89. The monoisotopic (exact) mass is 557 g/mol. The number of aliphatic hydroxyl groups is 2. The van der Waals surface area contributed by atoms with Gasteiger partial charge in [-0.1, -0.05) is 11.8 Å². The number of anilines is 1. The van der Waals surface area contributed by atoms with Gasteiger partial charge in [-0.3, -0.25) is 14.4 Å². The second-order valence-corrected chi connectivity index (χ2v) is 12.8. The summed E-state index contributed by atoms with van der Waals surface area (Å²) in [7, 11) is -0.0152. The van der Waals surface area contributed by atoms with E-state index in [1.165, 1.54) is 13.8 Å². The molecule has 3 aliphatic rings. The highest BCUT2D eigenvalue weighted by Gasteiger charge is 2.50. The Morgan fingerprint density at radius 3 is 2.46 bits per heavy atom. The topological polar surface area (TPSA) is 187 Å². The highest BCUT2D eigenvalue weighted by molar-refractivity contribution is 7.90. The SMILES string of the molecule is CC(C)S(=O)(=O)NCC#Cc1cc(N(C)C)c2c(c1O)C(=O)C1=C(O)C3C(=O)C(C(N)=O)=C(O)CC3CC1C2. The first-order valence-corrected chi connectivity index (χ1v) is 14.0. The number of aliphatic hydroxyl groups excluding tert-OH is 2. The Bertz CT molecular complexity index is 1530. The van der Waals surface area contributed by atoms with Crippen molar-refractivity contribution in [2.45, 2.75) is 38.4 Å². The van der Waals surface area contributed by atoms with Crippen molar-refractivity contribution in [2.75, 3.05) is 25.5 Å². The van der Waals surface area contributed by atoms with Crippen LogP contribution < -0.4 is 15.4 Å². The average molecular weight is 558 g/mol. The number of benzene rings is 1. The van der Waals surface area contributed by atoms with Crippen molar-refractivity contribution in [3.63, 3.8) is 0 Å². The number of hydrogen-bond donors (Lipinski definition) is 5. The number of hydrogen-bond acceptors (Lipinski definition) is 9. The summed E-state index contributed by atoms with van der Waals surface area (Å²) < 4.78 is 26.3. The van der Waals surface area contributed by atoms with Crippen molar-refractivity contribution in [3.8, 4) is 17.6 Å². The molecule has 0 saturated carbocycles. The molecule has 0 bridgehead atoms. The third-order valence-electron chi connectivity index (χ3n) is 7.55. The van der Waals surface area contributed by atoms with Crippen LogP contribution in [0.3, 0.4) is 0 Å². The molecule has 0 saturated heterocycles. The Kier molecular flexibility index (Phi) is 7.27. The summed E-state index contributed by atoms with van der Waals surface area (Å²) in [6.45, 7) is 2.85. The summed E-state index contributed by atoms with van der Waals surface area (Å²) in [5, 5.41) is 31.9. The first-order valence-electron chi connectivity index (χ1n) is 12.4. The van der Waals surface area contributed by atoms with Gasteiger partial charge < -0.3 is 26.0 Å². The van der Waals surface area contributed by atoms with E-state index in [9.17, 15) is 38.1 Å². The number of nitrogens with zero attached hydrogens (tertiary/aromatic N) is 1. The number of sulfonamides is 1. The van der Waals surface area contributed by atoms with Gasteiger partial charge in [-0.2, -0.15) is 0 Å². The van der Waals surface area contributed by atoms with E-state index in [4.69, 9.17) is 5.73 Å². The van der Waals surface area contributed by atoms with Crippen LogP contribution in [-0.2, 0) is 26.0 Å². The molecule has 208 valence electrons. The molecule has 11 nitrogen and oxygen atoms in total. The molecule has 0 radical (unpaired) electrons. The van der Waals surface area contributed by atoms with Crippen molar-refractivity contribution in [1.82, 2.24) is 4.72 Å². The van der Waals surface area contributed by atoms with E-state index in [-0.39, 0.29) is 36.1 Å². The number of carbonyl (C=O) groups excluding carboxylic acids is 3. The second kappa shape index (κ2) is 10.1. The van der Waals surface area contributed by atoms with Crippen LogP contribution in [-0.4, -0.2) is 67.1 Å². The van der Waals surface area contributed by atoms with E-state index in [2.05, 4.69) is 16.6 Å². The highest BCUT2D eigenvalue weighted by atomic mass is 32.2. The fourth-order valence-electron chi connectivity index (χ4n) is 5.62.